The van der Waals surface area contributed by atoms with Gasteiger partial charge >= 0.3 is 0 Å². The van der Waals surface area contributed by atoms with Crippen LogP contribution in [0.4, 0.5) is 34.1 Å². The lowest BCUT2D eigenvalue weighted by atomic mass is 9.83. The zero-order valence-corrected chi connectivity index (χ0v) is 43.6. The summed E-state index contributed by atoms with van der Waals surface area (Å²) in [5.41, 5.74) is 21.7. The molecule has 368 valence electrons. The highest BCUT2D eigenvalue weighted by molar-refractivity contribution is 6.32. The molecule has 0 heterocycles. The van der Waals surface area contributed by atoms with E-state index in [1.807, 2.05) is 0 Å². The van der Waals surface area contributed by atoms with Crippen molar-refractivity contribution in [1.29, 1.82) is 0 Å². The molecule has 0 fully saturated rings. The zero-order valence-electron chi connectivity index (χ0n) is 43.6. The lowest BCUT2D eigenvalue weighted by molar-refractivity contribution is 0.911. The van der Waals surface area contributed by atoms with Crippen LogP contribution in [0.1, 0.15) is 70.7 Å². The Morgan fingerprint density at radius 3 is 1.74 bits per heavy atom. The van der Waals surface area contributed by atoms with E-state index < -0.39 is 0 Å². The zero-order chi connectivity index (χ0) is 51.0. The third-order valence-corrected chi connectivity index (χ3v) is 17.2. The quantitative estimate of drug-likeness (QED) is 0.0995. The van der Waals surface area contributed by atoms with E-state index in [0.717, 1.165) is 49.9 Å². The van der Waals surface area contributed by atoms with E-state index in [1.54, 1.807) is 0 Å². The summed E-state index contributed by atoms with van der Waals surface area (Å²) in [5, 5.41) is 12.4. The van der Waals surface area contributed by atoms with Crippen LogP contribution in [0.15, 0.2) is 231 Å². The minimum atomic E-state index is 1.06. The summed E-state index contributed by atoms with van der Waals surface area (Å²) in [7, 11) is 0. The second-order valence-corrected chi connectivity index (χ2v) is 21.6. The van der Waals surface area contributed by atoms with Crippen LogP contribution >= 0.6 is 0 Å². The molecule has 2 nitrogen and oxygen atoms in total. The van der Waals surface area contributed by atoms with Gasteiger partial charge < -0.3 is 9.80 Å². The number of benzene rings is 12. The van der Waals surface area contributed by atoms with Gasteiger partial charge in [0, 0.05) is 44.3 Å². The number of nitrogens with zero attached hydrogens (tertiary/aromatic N) is 2. The molecule has 15 rings (SSSR count). The van der Waals surface area contributed by atoms with Crippen molar-refractivity contribution in [2.75, 3.05) is 9.80 Å². The van der Waals surface area contributed by atoms with Gasteiger partial charge in [0.15, 0.2) is 0 Å². The van der Waals surface area contributed by atoms with Crippen LogP contribution in [-0.4, -0.2) is 0 Å². The van der Waals surface area contributed by atoms with Crippen LogP contribution in [0, 0.1) is 0 Å². The molecule has 0 aromatic heterocycles. The Bertz CT molecular complexity index is 4410. The molecule has 0 aliphatic heterocycles. The normalized spacial score (nSPS) is 14.1. The van der Waals surface area contributed by atoms with Crippen LogP contribution in [-0.2, 0) is 32.1 Å². The van der Waals surface area contributed by atoms with E-state index in [2.05, 4.69) is 253 Å². The summed E-state index contributed by atoms with van der Waals surface area (Å²) in [6.45, 7) is 2.12. The molecule has 0 bridgehead atoms. The van der Waals surface area contributed by atoms with Gasteiger partial charge in [-0.05, 0) is 212 Å². The van der Waals surface area contributed by atoms with Gasteiger partial charge in [0.25, 0.3) is 0 Å². The first-order valence-electron chi connectivity index (χ1n) is 27.9. The molecule has 0 radical (unpaired) electrons. The molecule has 0 atom stereocenters. The van der Waals surface area contributed by atoms with Crippen LogP contribution in [0.5, 0.6) is 0 Å². The standard InChI is InChI=1S/C75H58N2/c1-2-3-28-64(53-18-5-4-6-19-53)70-47-72(76(61-37-33-51-23-13-26-57(51)45-61)59-35-31-49-16-7-9-21-55(49)43-59)68-42-40-67-71(65-30-15-25-54-20-11-12-29-63(54)65)48-73(69-41-39-66(70)74(68)75(67)69)77(62-38-34-52-24-14-27-58(52)46-62)60-36-32-50-17-8-10-22-56(50)44-60/h2-7,9-12,15-16,18-22,25,28-48H,8,13-14,17,23-24,26-27H2,1H3/b3-2-,64-28+. The van der Waals surface area contributed by atoms with Crippen LogP contribution in [0.2, 0.25) is 0 Å². The largest absolute Gasteiger partial charge is 0.310 e. The van der Waals surface area contributed by atoms with E-state index in [9.17, 15) is 0 Å². The minimum absolute atomic E-state index is 1.06. The van der Waals surface area contributed by atoms with E-state index in [0.29, 0.717) is 0 Å². The molecule has 77 heavy (non-hydrogen) atoms. The van der Waals surface area contributed by atoms with Crippen molar-refractivity contribution in [3.8, 4) is 11.1 Å². The highest BCUT2D eigenvalue weighted by Crippen LogP contribution is 2.53. The Labute approximate surface area is 451 Å². The SMILES string of the molecule is C/C=C\C=C(/c1ccccc1)c1cc(N(c2ccc3c(c2)CCC3)c2ccc3ccccc3c2)c2ccc3c(-c4cccc5ccccc45)cc(N(c4ccc5c(c4)C=CCC5)c4ccc5c(c4)CCC5)c4ccc1c2c34. The summed E-state index contributed by atoms with van der Waals surface area (Å²) < 4.78 is 0. The number of allylic oxidation sites excluding steroid dienone is 4. The number of hydrogen-bond donors (Lipinski definition) is 0. The Hall–Kier alpha value is -8.98. The third kappa shape index (κ3) is 7.68. The van der Waals surface area contributed by atoms with Crippen molar-refractivity contribution in [2.45, 2.75) is 58.3 Å². The van der Waals surface area contributed by atoms with Crippen LogP contribution in [0.25, 0.3) is 76.6 Å². The van der Waals surface area contributed by atoms with Gasteiger partial charge in [0.1, 0.15) is 0 Å². The van der Waals surface area contributed by atoms with Crippen LogP contribution in [0.3, 0.4) is 0 Å². The Kier molecular flexibility index (Phi) is 11.0. The maximum atomic E-state index is 2.59. The van der Waals surface area contributed by atoms with Crippen molar-refractivity contribution in [3.05, 3.63) is 275 Å². The molecule has 0 saturated carbocycles. The number of fused-ring (bicyclic) bond motifs is 5. The maximum absolute atomic E-state index is 2.59. The first kappa shape index (κ1) is 45.4. The highest BCUT2D eigenvalue weighted by Gasteiger charge is 2.28. The Morgan fingerprint density at radius 1 is 0.403 bits per heavy atom. The minimum Gasteiger partial charge on any atom is -0.310 e. The van der Waals surface area contributed by atoms with Crippen molar-refractivity contribution in [3.63, 3.8) is 0 Å². The Balaban J connectivity index is 1.11. The highest BCUT2D eigenvalue weighted by atomic mass is 15.2. The lowest BCUT2D eigenvalue weighted by Gasteiger charge is -2.32. The van der Waals surface area contributed by atoms with Crippen LogP contribution < -0.4 is 9.80 Å². The summed E-state index contributed by atoms with van der Waals surface area (Å²) in [6, 6.07) is 79.2. The molecule has 2 heteroatoms. The van der Waals surface area contributed by atoms with Gasteiger partial charge in [-0.2, -0.15) is 0 Å². The second kappa shape index (κ2) is 18.7. The fourth-order valence-corrected chi connectivity index (χ4v) is 13.5. The molecule has 0 amide bonds. The molecule has 0 spiro atoms. The predicted molar refractivity (Wildman–Crippen MR) is 330 cm³/mol. The number of aryl methyl sites for hydroxylation is 5. The summed E-state index contributed by atoms with van der Waals surface area (Å²) in [5.74, 6) is 0. The summed E-state index contributed by atoms with van der Waals surface area (Å²) in [6.07, 6.45) is 20.4. The monoisotopic (exact) mass is 986 g/mol. The molecular formula is C75H58N2. The van der Waals surface area contributed by atoms with E-state index in [4.69, 9.17) is 0 Å². The molecular weight excluding hydrogens is 929 g/mol. The summed E-state index contributed by atoms with van der Waals surface area (Å²) >= 11 is 0. The first-order chi connectivity index (χ1) is 38.1. The van der Waals surface area contributed by atoms with Gasteiger partial charge in [-0.25, -0.2) is 0 Å². The topological polar surface area (TPSA) is 6.48 Å². The van der Waals surface area contributed by atoms with Gasteiger partial charge in [0.2, 0.25) is 0 Å². The van der Waals surface area contributed by atoms with Gasteiger partial charge in [-0.15, -0.1) is 0 Å². The lowest BCUT2D eigenvalue weighted by Crippen LogP contribution is -2.13. The molecule has 12 aromatic carbocycles. The van der Waals surface area contributed by atoms with E-state index in [-0.39, 0.29) is 0 Å². The van der Waals surface area contributed by atoms with Crippen molar-refractivity contribution < 1.29 is 0 Å². The fourth-order valence-electron chi connectivity index (χ4n) is 13.5. The fraction of sp³-hybridized carbons (Fsp3) is 0.120. The molecule has 3 aliphatic rings. The number of hydrogen-bond acceptors (Lipinski definition) is 2. The number of anilines is 6. The smallest absolute Gasteiger partial charge is 0.0546 e. The van der Waals surface area contributed by atoms with Crippen molar-refractivity contribution in [2.24, 2.45) is 0 Å². The van der Waals surface area contributed by atoms with E-state index >= 15 is 0 Å². The average molecular weight is 987 g/mol. The second-order valence-electron chi connectivity index (χ2n) is 21.6. The Morgan fingerprint density at radius 2 is 0.987 bits per heavy atom. The molecule has 3 aliphatic carbocycles. The summed E-state index contributed by atoms with van der Waals surface area (Å²) in [4.78, 5) is 5.17. The van der Waals surface area contributed by atoms with E-state index in [1.165, 1.54) is 151 Å². The van der Waals surface area contributed by atoms with Crippen molar-refractivity contribution >= 4 is 99.6 Å². The predicted octanol–water partition coefficient (Wildman–Crippen LogP) is 20.4. The average Bonchev–Trinajstić information content (AvgIpc) is 4.26. The molecule has 12 aromatic rings. The van der Waals surface area contributed by atoms with Crippen molar-refractivity contribution in [1.82, 2.24) is 0 Å². The van der Waals surface area contributed by atoms with Gasteiger partial charge in [-0.3, -0.25) is 0 Å². The molecule has 0 unspecified atom stereocenters. The third-order valence-electron chi connectivity index (χ3n) is 17.2. The van der Waals surface area contributed by atoms with Gasteiger partial charge in [0.05, 0.1) is 11.4 Å². The molecule has 0 saturated heterocycles. The van der Waals surface area contributed by atoms with Gasteiger partial charge in [-0.1, -0.05) is 176 Å². The molecule has 0 N–H and O–H groups in total. The number of rotatable bonds is 10. The maximum Gasteiger partial charge on any atom is 0.0546 e. The first-order valence-corrected chi connectivity index (χ1v) is 27.9.